The molecule has 0 saturated carbocycles. The lowest BCUT2D eigenvalue weighted by Gasteiger charge is -2.36. The summed E-state index contributed by atoms with van der Waals surface area (Å²) in [5, 5.41) is 8.44. The maximum absolute atomic E-state index is 4.17. The van der Waals surface area contributed by atoms with E-state index in [1.807, 2.05) is 6.20 Å². The zero-order chi connectivity index (χ0) is 14.8. The minimum Gasteiger partial charge on any atom is -0.368 e. The van der Waals surface area contributed by atoms with Gasteiger partial charge in [-0.2, -0.15) is 5.10 Å². The molecule has 4 heteroatoms. The van der Waals surface area contributed by atoms with Gasteiger partial charge in [-0.25, -0.2) is 0 Å². The van der Waals surface area contributed by atoms with Crippen LogP contribution >= 0.6 is 0 Å². The molecule has 3 aromatic rings. The zero-order valence-corrected chi connectivity index (χ0v) is 12.6. The van der Waals surface area contributed by atoms with Crippen molar-refractivity contribution in [3.63, 3.8) is 0 Å². The largest absolute Gasteiger partial charge is 0.368 e. The maximum atomic E-state index is 4.17. The first kappa shape index (κ1) is 13.3. The van der Waals surface area contributed by atoms with Crippen molar-refractivity contribution < 1.29 is 0 Å². The Morgan fingerprint density at radius 2 is 1.73 bits per heavy atom. The Hall–Kier alpha value is -2.33. The maximum Gasteiger partial charge on any atom is 0.0671 e. The van der Waals surface area contributed by atoms with E-state index in [0.717, 1.165) is 38.2 Å². The number of anilines is 1. The van der Waals surface area contributed by atoms with Crippen molar-refractivity contribution in [3.05, 3.63) is 60.3 Å². The predicted octanol–water partition coefficient (Wildman–Crippen LogP) is 2.89. The smallest absolute Gasteiger partial charge is 0.0671 e. The Morgan fingerprint density at radius 3 is 2.55 bits per heavy atom. The molecule has 0 radical (unpaired) electrons. The number of benzene rings is 2. The van der Waals surface area contributed by atoms with E-state index in [9.17, 15) is 0 Å². The molecule has 0 spiro atoms. The summed E-state index contributed by atoms with van der Waals surface area (Å²) in [6, 6.07) is 17.1. The van der Waals surface area contributed by atoms with Crippen LogP contribution in [0.4, 0.5) is 5.69 Å². The second-order valence-electron chi connectivity index (χ2n) is 5.86. The summed E-state index contributed by atoms with van der Waals surface area (Å²) in [5.74, 6) is 0. The van der Waals surface area contributed by atoms with Crippen LogP contribution in [0.1, 0.15) is 5.56 Å². The lowest BCUT2D eigenvalue weighted by atomic mass is 10.1. The first-order valence-corrected chi connectivity index (χ1v) is 7.83. The van der Waals surface area contributed by atoms with Gasteiger partial charge >= 0.3 is 0 Å². The predicted molar refractivity (Wildman–Crippen MR) is 90.0 cm³/mol. The van der Waals surface area contributed by atoms with Gasteiger partial charge in [-0.1, -0.05) is 36.4 Å². The van der Waals surface area contributed by atoms with Crippen molar-refractivity contribution in [3.8, 4) is 0 Å². The normalized spacial score (nSPS) is 16.3. The van der Waals surface area contributed by atoms with Crippen LogP contribution in [0.3, 0.4) is 0 Å². The summed E-state index contributed by atoms with van der Waals surface area (Å²) in [7, 11) is 0. The molecule has 4 nitrogen and oxygen atoms in total. The molecule has 0 amide bonds. The first-order valence-electron chi connectivity index (χ1n) is 7.83. The van der Waals surface area contributed by atoms with Gasteiger partial charge in [0, 0.05) is 43.8 Å². The van der Waals surface area contributed by atoms with E-state index in [2.05, 4.69) is 68.5 Å². The fraction of sp³-hybridized carbons (Fsp3) is 0.278. The van der Waals surface area contributed by atoms with Crippen LogP contribution in [0, 0.1) is 0 Å². The van der Waals surface area contributed by atoms with Crippen molar-refractivity contribution in [2.45, 2.75) is 6.54 Å². The van der Waals surface area contributed by atoms with Gasteiger partial charge < -0.3 is 4.90 Å². The lowest BCUT2D eigenvalue weighted by Crippen LogP contribution is -2.46. The van der Waals surface area contributed by atoms with Crippen molar-refractivity contribution in [1.29, 1.82) is 0 Å². The van der Waals surface area contributed by atoms with Crippen LogP contribution in [0.2, 0.25) is 0 Å². The zero-order valence-electron chi connectivity index (χ0n) is 12.6. The van der Waals surface area contributed by atoms with Crippen LogP contribution in [0.5, 0.6) is 0 Å². The number of hydrogen-bond acceptors (Lipinski definition) is 3. The third-order valence-electron chi connectivity index (χ3n) is 4.42. The van der Waals surface area contributed by atoms with Crippen LogP contribution in [0.25, 0.3) is 10.9 Å². The summed E-state index contributed by atoms with van der Waals surface area (Å²) in [6.45, 7) is 5.38. The number of fused-ring (bicyclic) bond motifs is 1. The lowest BCUT2D eigenvalue weighted by molar-refractivity contribution is 0.250. The van der Waals surface area contributed by atoms with E-state index in [1.165, 1.54) is 16.6 Å². The Bertz CT molecular complexity index is 742. The van der Waals surface area contributed by atoms with Crippen molar-refractivity contribution in [2.24, 2.45) is 0 Å². The highest BCUT2D eigenvalue weighted by Gasteiger charge is 2.19. The van der Waals surface area contributed by atoms with E-state index >= 15 is 0 Å². The summed E-state index contributed by atoms with van der Waals surface area (Å²) in [4.78, 5) is 5.00. The molecule has 22 heavy (non-hydrogen) atoms. The van der Waals surface area contributed by atoms with Gasteiger partial charge in [0.05, 0.1) is 11.7 Å². The van der Waals surface area contributed by atoms with Gasteiger partial charge in [-0.3, -0.25) is 10.00 Å². The molecular formula is C18H20N4. The van der Waals surface area contributed by atoms with E-state index < -0.39 is 0 Å². The van der Waals surface area contributed by atoms with Crippen LogP contribution in [-0.4, -0.2) is 41.3 Å². The molecule has 1 saturated heterocycles. The average molecular weight is 292 g/mol. The van der Waals surface area contributed by atoms with E-state index in [4.69, 9.17) is 0 Å². The van der Waals surface area contributed by atoms with Gasteiger partial charge in [0.25, 0.3) is 0 Å². The second-order valence-corrected chi connectivity index (χ2v) is 5.86. The van der Waals surface area contributed by atoms with E-state index in [1.54, 1.807) is 0 Å². The van der Waals surface area contributed by atoms with Crippen LogP contribution in [-0.2, 0) is 6.54 Å². The number of aromatic amines is 1. The van der Waals surface area contributed by atoms with Crippen LogP contribution in [0.15, 0.2) is 54.7 Å². The fourth-order valence-electron chi connectivity index (χ4n) is 3.22. The molecule has 1 aromatic heterocycles. The van der Waals surface area contributed by atoms with Gasteiger partial charge in [0.1, 0.15) is 0 Å². The average Bonchev–Trinajstić information content (AvgIpc) is 3.05. The number of hydrogen-bond donors (Lipinski definition) is 1. The summed E-state index contributed by atoms with van der Waals surface area (Å²) >= 11 is 0. The molecule has 4 rings (SSSR count). The number of nitrogens with zero attached hydrogens (tertiary/aromatic N) is 3. The molecule has 1 N–H and O–H groups in total. The van der Waals surface area contributed by atoms with Gasteiger partial charge in [-0.05, 0) is 17.7 Å². The van der Waals surface area contributed by atoms with E-state index in [0.29, 0.717) is 0 Å². The first-order chi connectivity index (χ1) is 10.9. The quantitative estimate of drug-likeness (QED) is 0.806. The highest BCUT2D eigenvalue weighted by Crippen LogP contribution is 2.26. The van der Waals surface area contributed by atoms with Gasteiger partial charge in [-0.15, -0.1) is 0 Å². The fourth-order valence-corrected chi connectivity index (χ4v) is 3.22. The third kappa shape index (κ3) is 2.57. The van der Waals surface area contributed by atoms with Crippen molar-refractivity contribution in [2.75, 3.05) is 31.1 Å². The summed E-state index contributed by atoms with van der Waals surface area (Å²) < 4.78 is 0. The third-order valence-corrected chi connectivity index (χ3v) is 4.42. The highest BCUT2D eigenvalue weighted by atomic mass is 15.3. The molecule has 1 aliphatic rings. The Labute approximate surface area is 130 Å². The summed E-state index contributed by atoms with van der Waals surface area (Å²) in [6.07, 6.45) is 1.93. The van der Waals surface area contributed by atoms with Crippen LogP contribution < -0.4 is 4.90 Å². The Balaban J connectivity index is 1.45. The number of aromatic nitrogens is 2. The molecule has 112 valence electrons. The molecular weight excluding hydrogens is 272 g/mol. The van der Waals surface area contributed by atoms with Crippen molar-refractivity contribution in [1.82, 2.24) is 15.1 Å². The van der Waals surface area contributed by atoms with E-state index in [-0.39, 0.29) is 0 Å². The monoisotopic (exact) mass is 292 g/mol. The SMILES string of the molecule is c1ccc(CN2CCN(c3cccc4[nH]ncc34)CC2)cc1. The molecule has 1 aliphatic heterocycles. The Kier molecular flexibility index (Phi) is 3.52. The summed E-state index contributed by atoms with van der Waals surface area (Å²) in [5.41, 5.74) is 3.81. The number of rotatable bonds is 3. The molecule has 0 atom stereocenters. The number of nitrogens with one attached hydrogen (secondary N) is 1. The highest BCUT2D eigenvalue weighted by molar-refractivity contribution is 5.91. The minimum atomic E-state index is 1.05. The second kappa shape index (κ2) is 5.81. The molecule has 2 aromatic carbocycles. The standard InChI is InChI=1S/C18H20N4/c1-2-5-15(6-3-1)14-21-9-11-22(12-10-21)18-8-4-7-17-16(18)13-19-20-17/h1-8,13H,9-12,14H2,(H,19,20). The van der Waals surface area contributed by atoms with Crippen molar-refractivity contribution >= 4 is 16.6 Å². The molecule has 0 unspecified atom stereocenters. The number of H-pyrrole nitrogens is 1. The van der Waals surface area contributed by atoms with Gasteiger partial charge in [0.15, 0.2) is 0 Å². The number of piperazine rings is 1. The topological polar surface area (TPSA) is 35.2 Å². The molecule has 0 aliphatic carbocycles. The minimum absolute atomic E-state index is 1.05. The Morgan fingerprint density at radius 1 is 0.909 bits per heavy atom. The molecule has 1 fully saturated rings. The van der Waals surface area contributed by atoms with Gasteiger partial charge in [0.2, 0.25) is 0 Å². The molecule has 0 bridgehead atoms. The molecule has 2 heterocycles.